The number of hydrogen-bond acceptors (Lipinski definition) is 4. The molecule has 7 heteroatoms. The first-order valence-corrected chi connectivity index (χ1v) is 10.9. The number of benzene rings is 1. The van der Waals surface area contributed by atoms with Gasteiger partial charge in [0.05, 0.1) is 5.69 Å². The summed E-state index contributed by atoms with van der Waals surface area (Å²) in [5.74, 6) is 0.939. The van der Waals surface area contributed by atoms with Crippen LogP contribution in [0.4, 0.5) is 0 Å². The topological polar surface area (TPSA) is 66.5 Å². The lowest BCUT2D eigenvalue weighted by Gasteiger charge is -2.28. The van der Waals surface area contributed by atoms with Crippen molar-refractivity contribution >= 4 is 16.6 Å². The lowest BCUT2D eigenvalue weighted by molar-refractivity contribution is 0.232. The standard InChI is InChI=1S/C24H27N7/c1-15(2)22-20-12-18(17-7-9-30(10-8-17)14-25-4)5-6-21(20)26-23(22)19-11-16(3)24-27-28-29-31(24)13-19/h5-6,11-13,15,17,26H,7-10,14H2,1-3H3. The summed E-state index contributed by atoms with van der Waals surface area (Å²) >= 11 is 0. The monoisotopic (exact) mass is 413 g/mol. The molecule has 1 fully saturated rings. The Labute approximate surface area is 181 Å². The number of likely N-dealkylation sites (tertiary alicyclic amines) is 1. The molecule has 1 N–H and O–H groups in total. The minimum Gasteiger partial charge on any atom is -0.354 e. The molecule has 0 atom stereocenters. The molecule has 0 bridgehead atoms. The number of nitrogens with one attached hydrogen (secondary N) is 1. The SMILES string of the molecule is [C-]#[N+]CN1CCC(c2ccc3[nH]c(-c4cc(C)c5nnnn5c4)c(C(C)C)c3c2)CC1. The van der Waals surface area contributed by atoms with E-state index in [0.29, 0.717) is 18.5 Å². The lowest BCUT2D eigenvalue weighted by atomic mass is 9.87. The van der Waals surface area contributed by atoms with Gasteiger partial charge in [0, 0.05) is 35.8 Å². The van der Waals surface area contributed by atoms with Gasteiger partial charge < -0.3 is 4.98 Å². The van der Waals surface area contributed by atoms with Crippen LogP contribution in [0, 0.1) is 13.5 Å². The number of H-pyrrole nitrogens is 1. The van der Waals surface area contributed by atoms with Crippen molar-refractivity contribution in [1.29, 1.82) is 0 Å². The molecule has 0 spiro atoms. The molecule has 7 nitrogen and oxygen atoms in total. The molecule has 4 aromatic rings. The summed E-state index contributed by atoms with van der Waals surface area (Å²) in [6.07, 6.45) is 4.24. The van der Waals surface area contributed by atoms with Crippen LogP contribution in [0.3, 0.4) is 0 Å². The van der Waals surface area contributed by atoms with E-state index in [-0.39, 0.29) is 0 Å². The molecule has 1 aromatic carbocycles. The van der Waals surface area contributed by atoms with Crippen molar-refractivity contribution in [2.45, 2.75) is 45.4 Å². The molecule has 3 aromatic heterocycles. The summed E-state index contributed by atoms with van der Waals surface area (Å²) in [4.78, 5) is 9.47. The van der Waals surface area contributed by atoms with Crippen molar-refractivity contribution < 1.29 is 0 Å². The zero-order valence-electron chi connectivity index (χ0n) is 18.3. The third-order valence-electron chi connectivity index (χ3n) is 6.54. The van der Waals surface area contributed by atoms with Crippen molar-refractivity contribution in [3.05, 3.63) is 58.6 Å². The number of pyridine rings is 1. The highest BCUT2D eigenvalue weighted by atomic mass is 15.5. The average molecular weight is 414 g/mol. The molecule has 0 aliphatic carbocycles. The van der Waals surface area contributed by atoms with E-state index < -0.39 is 0 Å². The molecule has 31 heavy (non-hydrogen) atoms. The Hall–Kier alpha value is -3.24. The van der Waals surface area contributed by atoms with E-state index in [2.05, 4.69) is 68.4 Å². The second-order valence-corrected chi connectivity index (χ2v) is 8.92. The summed E-state index contributed by atoms with van der Waals surface area (Å²) in [6, 6.07) is 9.06. The maximum absolute atomic E-state index is 7.10. The number of hydrogen-bond donors (Lipinski definition) is 1. The van der Waals surface area contributed by atoms with Crippen molar-refractivity contribution in [3.8, 4) is 11.3 Å². The van der Waals surface area contributed by atoms with E-state index in [4.69, 9.17) is 6.57 Å². The van der Waals surface area contributed by atoms with Gasteiger partial charge in [0.15, 0.2) is 5.65 Å². The zero-order chi connectivity index (χ0) is 21.5. The molecule has 0 amide bonds. The van der Waals surface area contributed by atoms with Gasteiger partial charge in [-0.2, -0.15) is 4.52 Å². The minimum atomic E-state index is 0.379. The van der Waals surface area contributed by atoms with Crippen molar-refractivity contribution in [2.75, 3.05) is 19.8 Å². The highest BCUT2D eigenvalue weighted by Crippen LogP contribution is 2.38. The number of nitrogens with zero attached hydrogens (tertiary/aromatic N) is 6. The number of aromatic nitrogens is 5. The average Bonchev–Trinajstić information content (AvgIpc) is 3.39. The van der Waals surface area contributed by atoms with Crippen LogP contribution < -0.4 is 0 Å². The van der Waals surface area contributed by atoms with Gasteiger partial charge in [-0.1, -0.05) is 19.9 Å². The zero-order valence-corrected chi connectivity index (χ0v) is 18.3. The van der Waals surface area contributed by atoms with Crippen LogP contribution in [0.5, 0.6) is 0 Å². The first-order valence-electron chi connectivity index (χ1n) is 10.9. The smallest absolute Gasteiger partial charge is 0.270 e. The van der Waals surface area contributed by atoms with E-state index >= 15 is 0 Å². The number of aromatic amines is 1. The number of aryl methyl sites for hydroxylation is 1. The van der Waals surface area contributed by atoms with Crippen LogP contribution in [-0.2, 0) is 0 Å². The number of fused-ring (bicyclic) bond motifs is 2. The van der Waals surface area contributed by atoms with Crippen LogP contribution in [0.25, 0.3) is 32.7 Å². The molecule has 0 saturated carbocycles. The van der Waals surface area contributed by atoms with E-state index in [1.807, 2.05) is 13.1 Å². The Balaban J connectivity index is 1.56. The molecule has 1 saturated heterocycles. The fourth-order valence-corrected chi connectivity index (χ4v) is 4.96. The fraction of sp³-hybridized carbons (Fsp3) is 0.417. The maximum atomic E-state index is 7.10. The Morgan fingerprint density at radius 1 is 1.23 bits per heavy atom. The molecule has 4 heterocycles. The minimum absolute atomic E-state index is 0.379. The second-order valence-electron chi connectivity index (χ2n) is 8.92. The molecule has 158 valence electrons. The Morgan fingerprint density at radius 2 is 2.03 bits per heavy atom. The van der Waals surface area contributed by atoms with E-state index in [0.717, 1.165) is 48.4 Å². The molecule has 5 rings (SSSR count). The fourth-order valence-electron chi connectivity index (χ4n) is 4.96. The summed E-state index contributed by atoms with van der Waals surface area (Å²) < 4.78 is 1.75. The van der Waals surface area contributed by atoms with Gasteiger partial charge >= 0.3 is 0 Å². The third kappa shape index (κ3) is 3.47. The van der Waals surface area contributed by atoms with Crippen molar-refractivity contribution in [2.24, 2.45) is 0 Å². The van der Waals surface area contributed by atoms with E-state index in [9.17, 15) is 0 Å². The Bertz CT molecular complexity index is 1280. The molecule has 1 aliphatic rings. The third-order valence-corrected chi connectivity index (χ3v) is 6.54. The number of rotatable bonds is 4. The molecule has 1 aliphatic heterocycles. The van der Waals surface area contributed by atoms with Crippen LogP contribution in [-0.4, -0.2) is 49.7 Å². The number of tetrazole rings is 1. The van der Waals surface area contributed by atoms with Gasteiger partial charge in [-0.15, -0.1) is 5.10 Å². The molecule has 0 radical (unpaired) electrons. The van der Waals surface area contributed by atoms with Gasteiger partial charge in [0.1, 0.15) is 0 Å². The summed E-state index contributed by atoms with van der Waals surface area (Å²) in [7, 11) is 0. The van der Waals surface area contributed by atoms with Gasteiger partial charge in [0.25, 0.3) is 6.67 Å². The molecule has 0 unspecified atom stereocenters. The first-order chi connectivity index (χ1) is 15.0. The maximum Gasteiger partial charge on any atom is 0.270 e. The van der Waals surface area contributed by atoms with Crippen molar-refractivity contribution in [1.82, 2.24) is 29.9 Å². The van der Waals surface area contributed by atoms with Gasteiger partial charge in [0.2, 0.25) is 0 Å². The predicted molar refractivity (Wildman–Crippen MR) is 122 cm³/mol. The number of piperidine rings is 1. The van der Waals surface area contributed by atoms with Gasteiger partial charge in [-0.05, 0) is 76.9 Å². The summed E-state index contributed by atoms with van der Waals surface area (Å²) in [5.41, 5.74) is 8.02. The van der Waals surface area contributed by atoms with Gasteiger partial charge in [-0.25, -0.2) is 11.5 Å². The predicted octanol–water partition coefficient (Wildman–Crippen LogP) is 4.76. The Morgan fingerprint density at radius 3 is 2.77 bits per heavy atom. The van der Waals surface area contributed by atoms with Crippen LogP contribution >= 0.6 is 0 Å². The lowest BCUT2D eigenvalue weighted by Crippen LogP contribution is -2.32. The van der Waals surface area contributed by atoms with Crippen LogP contribution in [0.2, 0.25) is 0 Å². The molecular formula is C24H27N7. The highest BCUT2D eigenvalue weighted by molar-refractivity contribution is 5.92. The van der Waals surface area contributed by atoms with Crippen molar-refractivity contribution in [3.63, 3.8) is 0 Å². The Kier molecular flexibility index (Phi) is 4.95. The van der Waals surface area contributed by atoms with E-state index in [1.54, 1.807) is 4.52 Å². The highest BCUT2D eigenvalue weighted by Gasteiger charge is 2.23. The largest absolute Gasteiger partial charge is 0.354 e. The first kappa shape index (κ1) is 19.7. The van der Waals surface area contributed by atoms with Crippen LogP contribution in [0.15, 0.2) is 30.5 Å². The second kappa shape index (κ2) is 7.78. The van der Waals surface area contributed by atoms with E-state index in [1.165, 1.54) is 22.0 Å². The summed E-state index contributed by atoms with van der Waals surface area (Å²) in [5, 5.41) is 13.3. The molecular weight excluding hydrogens is 386 g/mol. The van der Waals surface area contributed by atoms with Crippen LogP contribution in [0.1, 0.15) is 55.2 Å². The van der Waals surface area contributed by atoms with Gasteiger partial charge in [-0.3, -0.25) is 4.85 Å². The normalized spacial score (nSPS) is 15.8. The quantitative estimate of drug-likeness (QED) is 0.490. The summed E-state index contributed by atoms with van der Waals surface area (Å²) in [6.45, 7) is 16.2.